The number of aryl methyl sites for hydroxylation is 1. The van der Waals surface area contributed by atoms with Crippen molar-refractivity contribution >= 4 is 5.91 Å². The van der Waals surface area contributed by atoms with Crippen LogP contribution in [-0.4, -0.2) is 38.3 Å². The summed E-state index contributed by atoms with van der Waals surface area (Å²) in [4.78, 5) is 14.4. The summed E-state index contributed by atoms with van der Waals surface area (Å²) < 4.78 is 6.98. The summed E-state index contributed by atoms with van der Waals surface area (Å²) in [5.74, 6) is 0.261. The molecule has 2 aromatic heterocycles. The molecular weight excluding hydrogens is 256 g/mol. The molecule has 6 nitrogen and oxygen atoms in total. The molecule has 1 atom stereocenters. The zero-order valence-corrected chi connectivity index (χ0v) is 11.5. The van der Waals surface area contributed by atoms with Crippen molar-refractivity contribution in [3.8, 4) is 0 Å². The van der Waals surface area contributed by atoms with E-state index in [4.69, 9.17) is 4.52 Å². The highest BCUT2D eigenvalue weighted by Gasteiger charge is 2.29. The summed E-state index contributed by atoms with van der Waals surface area (Å²) in [7, 11) is 0. The van der Waals surface area contributed by atoms with Gasteiger partial charge in [-0.15, -0.1) is 0 Å². The largest absolute Gasteiger partial charge is 0.351 e. The first-order valence-corrected chi connectivity index (χ1v) is 6.96. The molecule has 0 N–H and O–H groups in total. The molecular formula is C14H18N4O2. The number of hydrogen-bond acceptors (Lipinski definition) is 4. The van der Waals surface area contributed by atoms with Crippen LogP contribution in [0.3, 0.4) is 0 Å². The number of carbonyl (C=O) groups is 1. The van der Waals surface area contributed by atoms with E-state index in [1.54, 1.807) is 12.3 Å². The molecule has 106 valence electrons. The highest BCUT2D eigenvalue weighted by atomic mass is 16.5. The summed E-state index contributed by atoms with van der Waals surface area (Å²) in [5, 5.41) is 8.02. The lowest BCUT2D eigenvalue weighted by Crippen LogP contribution is -2.45. The van der Waals surface area contributed by atoms with E-state index in [0.717, 1.165) is 38.0 Å². The van der Waals surface area contributed by atoms with Gasteiger partial charge >= 0.3 is 0 Å². The fourth-order valence-electron chi connectivity index (χ4n) is 2.69. The second-order valence-electron chi connectivity index (χ2n) is 5.21. The number of hydrogen-bond donors (Lipinski definition) is 0. The third kappa shape index (κ3) is 2.59. The maximum Gasteiger partial charge on any atom is 0.292 e. The van der Waals surface area contributed by atoms with Crippen molar-refractivity contribution < 1.29 is 9.32 Å². The van der Waals surface area contributed by atoms with E-state index in [1.165, 1.54) is 0 Å². The Hall–Kier alpha value is -2.11. The fourth-order valence-corrected chi connectivity index (χ4v) is 2.69. The molecule has 0 saturated carbocycles. The van der Waals surface area contributed by atoms with Gasteiger partial charge in [0.05, 0.1) is 18.3 Å². The van der Waals surface area contributed by atoms with Gasteiger partial charge in [-0.2, -0.15) is 5.10 Å². The lowest BCUT2D eigenvalue weighted by Gasteiger charge is -2.35. The highest BCUT2D eigenvalue weighted by molar-refractivity contribution is 5.91. The lowest BCUT2D eigenvalue weighted by molar-refractivity contribution is 0.0542. The maximum atomic E-state index is 12.5. The van der Waals surface area contributed by atoms with Gasteiger partial charge < -0.3 is 9.42 Å². The fraction of sp³-hybridized carbons (Fsp3) is 0.500. The van der Waals surface area contributed by atoms with Gasteiger partial charge in [0.25, 0.3) is 5.91 Å². The number of amides is 1. The first-order valence-electron chi connectivity index (χ1n) is 6.96. The van der Waals surface area contributed by atoms with Crippen molar-refractivity contribution in [3.05, 3.63) is 36.0 Å². The SMILES string of the molecule is Cc1cc(C(=O)N2CCCC[C@@H]2Cn2cccn2)on1. The Balaban J connectivity index is 1.76. The monoisotopic (exact) mass is 274 g/mol. The molecule has 20 heavy (non-hydrogen) atoms. The standard InChI is InChI=1S/C14H18N4O2/c1-11-9-13(20-16-11)14(19)18-8-3-2-5-12(18)10-17-7-4-6-15-17/h4,6-7,9,12H,2-3,5,8,10H2,1H3/t12-/m1/s1. The topological polar surface area (TPSA) is 64.2 Å². The van der Waals surface area contributed by atoms with Crippen molar-refractivity contribution in [1.82, 2.24) is 19.8 Å². The van der Waals surface area contributed by atoms with Crippen LogP contribution in [0.2, 0.25) is 0 Å². The number of piperidine rings is 1. The number of aromatic nitrogens is 3. The van der Waals surface area contributed by atoms with E-state index >= 15 is 0 Å². The van der Waals surface area contributed by atoms with Gasteiger partial charge in [0.1, 0.15) is 0 Å². The zero-order valence-electron chi connectivity index (χ0n) is 11.5. The van der Waals surface area contributed by atoms with Crippen molar-refractivity contribution in [3.63, 3.8) is 0 Å². The highest BCUT2D eigenvalue weighted by Crippen LogP contribution is 2.21. The Bertz CT molecular complexity index is 576. The number of nitrogens with zero attached hydrogens (tertiary/aromatic N) is 4. The van der Waals surface area contributed by atoms with Crippen LogP contribution in [0.1, 0.15) is 35.5 Å². The van der Waals surface area contributed by atoms with Gasteiger partial charge in [-0.3, -0.25) is 9.48 Å². The van der Waals surface area contributed by atoms with Crippen molar-refractivity contribution in [2.24, 2.45) is 0 Å². The minimum Gasteiger partial charge on any atom is -0.351 e. The summed E-state index contributed by atoms with van der Waals surface area (Å²) in [6, 6.07) is 3.76. The predicted octanol–water partition coefficient (Wildman–Crippen LogP) is 1.87. The third-order valence-electron chi connectivity index (χ3n) is 3.68. The Kier molecular flexibility index (Phi) is 3.54. The molecule has 0 bridgehead atoms. The molecule has 1 aliphatic heterocycles. The van der Waals surface area contributed by atoms with Crippen LogP contribution < -0.4 is 0 Å². The molecule has 1 aliphatic rings. The summed E-state index contributed by atoms with van der Waals surface area (Å²) >= 11 is 0. The van der Waals surface area contributed by atoms with Crippen LogP contribution in [0.25, 0.3) is 0 Å². The van der Waals surface area contributed by atoms with E-state index in [-0.39, 0.29) is 11.9 Å². The lowest BCUT2D eigenvalue weighted by atomic mass is 10.0. The van der Waals surface area contributed by atoms with E-state index < -0.39 is 0 Å². The van der Waals surface area contributed by atoms with Crippen LogP contribution >= 0.6 is 0 Å². The minimum atomic E-state index is -0.0672. The van der Waals surface area contributed by atoms with Crippen molar-refractivity contribution in [2.75, 3.05) is 6.54 Å². The molecule has 0 unspecified atom stereocenters. The van der Waals surface area contributed by atoms with Gasteiger partial charge in [-0.05, 0) is 32.3 Å². The summed E-state index contributed by atoms with van der Waals surface area (Å²) in [5.41, 5.74) is 0.731. The summed E-state index contributed by atoms with van der Waals surface area (Å²) in [6.45, 7) is 3.31. The molecule has 1 fully saturated rings. The average molecular weight is 274 g/mol. The van der Waals surface area contributed by atoms with E-state index in [9.17, 15) is 4.79 Å². The molecule has 6 heteroatoms. The number of carbonyl (C=O) groups excluding carboxylic acids is 1. The Morgan fingerprint density at radius 1 is 1.50 bits per heavy atom. The first-order chi connectivity index (χ1) is 9.74. The van der Waals surface area contributed by atoms with Crippen LogP contribution in [0.15, 0.2) is 29.0 Å². The van der Waals surface area contributed by atoms with Crippen LogP contribution in [0.4, 0.5) is 0 Å². The predicted molar refractivity (Wildman–Crippen MR) is 72.1 cm³/mol. The smallest absolute Gasteiger partial charge is 0.292 e. The number of rotatable bonds is 3. The molecule has 0 spiro atoms. The van der Waals surface area contributed by atoms with Crippen molar-refractivity contribution in [2.45, 2.75) is 38.8 Å². The van der Waals surface area contributed by atoms with Crippen molar-refractivity contribution in [1.29, 1.82) is 0 Å². The Labute approximate surface area is 117 Å². The molecule has 0 radical (unpaired) electrons. The van der Waals surface area contributed by atoms with E-state index in [2.05, 4.69) is 10.3 Å². The molecule has 0 aliphatic carbocycles. The molecule has 2 aromatic rings. The van der Waals surface area contributed by atoms with Gasteiger partial charge in [-0.1, -0.05) is 5.16 Å². The average Bonchev–Trinajstić information content (AvgIpc) is 3.10. The van der Waals surface area contributed by atoms with Crippen LogP contribution in [0.5, 0.6) is 0 Å². The Morgan fingerprint density at radius 3 is 3.10 bits per heavy atom. The number of likely N-dealkylation sites (tertiary alicyclic amines) is 1. The molecule has 0 aromatic carbocycles. The first kappa shape index (κ1) is 12.9. The van der Waals surface area contributed by atoms with E-state index in [0.29, 0.717) is 5.76 Å². The van der Waals surface area contributed by atoms with Gasteiger partial charge in [-0.25, -0.2) is 0 Å². The van der Waals surface area contributed by atoms with Gasteiger partial charge in [0, 0.05) is 25.0 Å². The van der Waals surface area contributed by atoms with Crippen LogP contribution in [0, 0.1) is 6.92 Å². The Morgan fingerprint density at radius 2 is 2.40 bits per heavy atom. The minimum absolute atomic E-state index is 0.0672. The van der Waals surface area contributed by atoms with Gasteiger partial charge in [0.2, 0.25) is 5.76 Å². The normalized spacial score (nSPS) is 19.2. The maximum absolute atomic E-state index is 12.5. The quantitative estimate of drug-likeness (QED) is 0.857. The third-order valence-corrected chi connectivity index (χ3v) is 3.68. The second-order valence-corrected chi connectivity index (χ2v) is 5.21. The zero-order chi connectivity index (χ0) is 13.9. The van der Waals surface area contributed by atoms with Crippen LogP contribution in [-0.2, 0) is 6.54 Å². The van der Waals surface area contributed by atoms with E-state index in [1.807, 2.05) is 28.8 Å². The van der Waals surface area contributed by atoms with Gasteiger partial charge in [0.15, 0.2) is 0 Å². The molecule has 3 rings (SSSR count). The summed E-state index contributed by atoms with van der Waals surface area (Å²) in [6.07, 6.45) is 6.86. The molecule has 1 amide bonds. The second kappa shape index (κ2) is 5.48. The molecule has 3 heterocycles. The molecule has 1 saturated heterocycles.